The van der Waals surface area contributed by atoms with Crippen molar-refractivity contribution in [3.8, 4) is 11.1 Å². The molecular weight excluding hydrogens is 324 g/mol. The molecule has 4 rings (SSSR count). The fourth-order valence-corrected chi connectivity index (χ4v) is 4.05. The van der Waals surface area contributed by atoms with Crippen molar-refractivity contribution in [2.24, 2.45) is 0 Å². The van der Waals surface area contributed by atoms with Crippen molar-refractivity contribution in [2.75, 3.05) is 0 Å². The predicted molar refractivity (Wildman–Crippen MR) is 112 cm³/mol. The summed E-state index contributed by atoms with van der Waals surface area (Å²) in [6.07, 6.45) is 4.11. The van der Waals surface area contributed by atoms with Gasteiger partial charge in [0, 0.05) is 5.02 Å². The first kappa shape index (κ1) is 15.9. The molecule has 0 spiro atoms. The Morgan fingerprint density at radius 3 is 2.44 bits per heavy atom. The van der Waals surface area contributed by atoms with E-state index in [0.717, 1.165) is 10.6 Å². The van der Waals surface area contributed by atoms with Crippen molar-refractivity contribution >= 4 is 45.3 Å². The maximum absolute atomic E-state index is 6.31. The number of aryl methyl sites for hydroxylation is 1. The second kappa shape index (κ2) is 6.06. The topological polar surface area (TPSA) is 0 Å². The van der Waals surface area contributed by atoms with Gasteiger partial charge in [-0.25, -0.2) is 0 Å². The van der Waals surface area contributed by atoms with Gasteiger partial charge in [-0.2, -0.15) is 0 Å². The Bertz CT molecular complexity index is 1160. The van der Waals surface area contributed by atoms with E-state index in [-0.39, 0.29) is 0 Å². The average Bonchev–Trinajstić information content (AvgIpc) is 2.61. The van der Waals surface area contributed by atoms with Gasteiger partial charge >= 0.3 is 0 Å². The summed E-state index contributed by atoms with van der Waals surface area (Å²) in [4.78, 5) is 0. The van der Waals surface area contributed by atoms with Gasteiger partial charge < -0.3 is 0 Å². The van der Waals surface area contributed by atoms with E-state index in [1.165, 1.54) is 43.5 Å². The fourth-order valence-electron chi connectivity index (χ4n) is 3.76. The zero-order valence-corrected chi connectivity index (χ0v) is 15.2. The van der Waals surface area contributed by atoms with Gasteiger partial charge in [-0.15, -0.1) is 0 Å². The molecule has 122 valence electrons. The molecule has 0 amide bonds. The van der Waals surface area contributed by atoms with Crippen LogP contribution in [0.4, 0.5) is 0 Å². The van der Waals surface area contributed by atoms with Crippen molar-refractivity contribution in [3.63, 3.8) is 0 Å². The summed E-state index contributed by atoms with van der Waals surface area (Å²) >= 11 is 6.31. The molecule has 0 saturated heterocycles. The highest BCUT2D eigenvalue weighted by Crippen LogP contribution is 2.36. The van der Waals surface area contributed by atoms with Crippen molar-refractivity contribution in [2.45, 2.75) is 13.8 Å². The van der Waals surface area contributed by atoms with Crippen LogP contribution in [0.2, 0.25) is 5.02 Å². The van der Waals surface area contributed by atoms with Crippen LogP contribution in [-0.4, -0.2) is 0 Å². The van der Waals surface area contributed by atoms with Gasteiger partial charge in [0.1, 0.15) is 0 Å². The highest BCUT2D eigenvalue weighted by atomic mass is 35.5. The van der Waals surface area contributed by atoms with E-state index in [0.29, 0.717) is 0 Å². The lowest BCUT2D eigenvalue weighted by atomic mass is 9.90. The Morgan fingerprint density at radius 1 is 0.920 bits per heavy atom. The SMILES string of the molecule is C=Cc1ccc2ccc(-c3cc(C)cc(Cl)c3)c3cc/c(=C/C)c1c23. The maximum Gasteiger partial charge on any atom is 0.0414 e. The van der Waals surface area contributed by atoms with Crippen LogP contribution in [0.3, 0.4) is 0 Å². The highest BCUT2D eigenvalue weighted by molar-refractivity contribution is 6.31. The quantitative estimate of drug-likeness (QED) is 0.376. The van der Waals surface area contributed by atoms with Crippen molar-refractivity contribution in [3.05, 3.63) is 82.5 Å². The summed E-state index contributed by atoms with van der Waals surface area (Å²) in [5.41, 5.74) is 4.71. The van der Waals surface area contributed by atoms with Crippen LogP contribution < -0.4 is 5.22 Å². The zero-order chi connectivity index (χ0) is 17.6. The van der Waals surface area contributed by atoms with Crippen molar-refractivity contribution < 1.29 is 0 Å². The van der Waals surface area contributed by atoms with Crippen molar-refractivity contribution in [1.82, 2.24) is 0 Å². The molecule has 0 aliphatic carbocycles. The molecule has 0 heterocycles. The van der Waals surface area contributed by atoms with E-state index in [1.54, 1.807) is 0 Å². The van der Waals surface area contributed by atoms with Gasteiger partial charge in [0.2, 0.25) is 0 Å². The van der Waals surface area contributed by atoms with Gasteiger partial charge in [0.15, 0.2) is 0 Å². The van der Waals surface area contributed by atoms with Crippen LogP contribution in [0.1, 0.15) is 18.1 Å². The summed E-state index contributed by atoms with van der Waals surface area (Å²) in [6.45, 7) is 8.17. The second-order valence-electron chi connectivity index (χ2n) is 6.45. The average molecular weight is 343 g/mol. The molecule has 0 N–H and O–H groups in total. The molecule has 0 aliphatic heterocycles. The monoisotopic (exact) mass is 342 g/mol. The molecule has 4 aromatic rings. The number of hydrogen-bond donors (Lipinski definition) is 0. The third-order valence-corrected chi connectivity index (χ3v) is 5.08. The third-order valence-electron chi connectivity index (χ3n) is 4.86. The largest absolute Gasteiger partial charge is 0.0984 e. The van der Waals surface area contributed by atoms with Crippen LogP contribution in [0, 0.1) is 6.92 Å². The summed E-state index contributed by atoms with van der Waals surface area (Å²) < 4.78 is 0. The molecule has 0 unspecified atom stereocenters. The lowest BCUT2D eigenvalue weighted by Gasteiger charge is -2.14. The lowest BCUT2D eigenvalue weighted by Crippen LogP contribution is -2.03. The molecule has 0 aromatic heterocycles. The molecule has 0 bridgehead atoms. The molecular formula is C24H19Cl. The standard InChI is InChI=1S/C24H19Cl/c1-4-16-6-7-18-9-10-21(19-12-15(3)13-20(25)14-19)22-11-8-17(5-2)23(16)24(18)22/h4-14H,1H2,2-3H3/b17-5-. The summed E-state index contributed by atoms with van der Waals surface area (Å²) in [5.74, 6) is 0. The van der Waals surface area contributed by atoms with Crippen LogP contribution in [0.15, 0.2) is 61.2 Å². The van der Waals surface area contributed by atoms with Crippen LogP contribution in [0.25, 0.3) is 44.8 Å². The zero-order valence-electron chi connectivity index (χ0n) is 14.4. The van der Waals surface area contributed by atoms with Gasteiger partial charge in [-0.3, -0.25) is 0 Å². The molecule has 4 aromatic carbocycles. The van der Waals surface area contributed by atoms with Gasteiger partial charge in [0.25, 0.3) is 0 Å². The Balaban J connectivity index is 2.20. The summed E-state index contributed by atoms with van der Waals surface area (Å²) in [6, 6.07) is 19.4. The minimum absolute atomic E-state index is 0.774. The van der Waals surface area contributed by atoms with Crippen LogP contribution in [-0.2, 0) is 0 Å². The van der Waals surface area contributed by atoms with Gasteiger partial charge in [-0.1, -0.05) is 72.8 Å². The molecule has 0 fully saturated rings. The van der Waals surface area contributed by atoms with E-state index in [1.807, 2.05) is 18.2 Å². The number of halogens is 1. The van der Waals surface area contributed by atoms with E-state index >= 15 is 0 Å². The normalized spacial score (nSPS) is 12.2. The van der Waals surface area contributed by atoms with Crippen LogP contribution in [0.5, 0.6) is 0 Å². The van der Waals surface area contributed by atoms with E-state index in [4.69, 9.17) is 11.6 Å². The predicted octanol–water partition coefficient (Wildman–Crippen LogP) is 6.78. The Morgan fingerprint density at radius 2 is 1.72 bits per heavy atom. The maximum atomic E-state index is 6.31. The first-order chi connectivity index (χ1) is 12.1. The second-order valence-corrected chi connectivity index (χ2v) is 6.89. The Kier molecular flexibility index (Phi) is 3.86. The number of rotatable bonds is 2. The smallest absolute Gasteiger partial charge is 0.0414 e. The van der Waals surface area contributed by atoms with Crippen LogP contribution >= 0.6 is 11.6 Å². The Hall–Kier alpha value is -2.57. The summed E-state index contributed by atoms with van der Waals surface area (Å²) in [5, 5.41) is 7.09. The first-order valence-corrected chi connectivity index (χ1v) is 8.84. The van der Waals surface area contributed by atoms with E-state index < -0.39 is 0 Å². The molecule has 1 heteroatoms. The minimum atomic E-state index is 0.774. The van der Waals surface area contributed by atoms with Crippen molar-refractivity contribution in [1.29, 1.82) is 0 Å². The molecule has 0 atom stereocenters. The number of hydrogen-bond acceptors (Lipinski definition) is 0. The lowest BCUT2D eigenvalue weighted by molar-refractivity contribution is 1.47. The number of benzene rings is 4. The Labute approximate surface area is 153 Å². The molecule has 0 nitrogen and oxygen atoms in total. The molecule has 0 aliphatic rings. The first-order valence-electron chi connectivity index (χ1n) is 8.47. The van der Waals surface area contributed by atoms with E-state index in [9.17, 15) is 0 Å². The fraction of sp³-hybridized carbons (Fsp3) is 0.0833. The van der Waals surface area contributed by atoms with Gasteiger partial charge in [-0.05, 0) is 75.0 Å². The molecule has 0 saturated carbocycles. The van der Waals surface area contributed by atoms with E-state index in [2.05, 4.69) is 69.0 Å². The highest BCUT2D eigenvalue weighted by Gasteiger charge is 2.11. The van der Waals surface area contributed by atoms with Gasteiger partial charge in [0.05, 0.1) is 0 Å². The molecule has 25 heavy (non-hydrogen) atoms. The molecule has 0 radical (unpaired) electrons. The minimum Gasteiger partial charge on any atom is -0.0984 e. The summed E-state index contributed by atoms with van der Waals surface area (Å²) in [7, 11) is 0. The third kappa shape index (κ3) is 2.54.